The molecule has 4 rings (SSSR count). The maximum absolute atomic E-state index is 4.51. The molecule has 23 heavy (non-hydrogen) atoms. The first-order valence-corrected chi connectivity index (χ1v) is 8.01. The van der Waals surface area contributed by atoms with Crippen molar-refractivity contribution in [2.45, 2.75) is 19.4 Å². The molecule has 3 N–H and O–H groups in total. The van der Waals surface area contributed by atoms with Gasteiger partial charge in [-0.3, -0.25) is 0 Å². The zero-order valence-corrected chi connectivity index (χ0v) is 13.1. The van der Waals surface area contributed by atoms with Crippen LogP contribution in [0.25, 0.3) is 22.3 Å². The number of aromatic amines is 1. The van der Waals surface area contributed by atoms with Crippen molar-refractivity contribution < 1.29 is 0 Å². The summed E-state index contributed by atoms with van der Waals surface area (Å²) in [5.41, 5.74) is 3.88. The third-order valence-electron chi connectivity index (χ3n) is 4.36. The molecule has 0 unspecified atom stereocenters. The molecule has 0 aliphatic carbocycles. The smallest absolute Gasteiger partial charge is 0.139 e. The first-order valence-electron chi connectivity index (χ1n) is 8.01. The Morgan fingerprint density at radius 1 is 1.22 bits per heavy atom. The monoisotopic (exact) mass is 308 g/mol. The predicted molar refractivity (Wildman–Crippen MR) is 91.2 cm³/mol. The van der Waals surface area contributed by atoms with E-state index in [0.29, 0.717) is 12.0 Å². The maximum atomic E-state index is 4.51. The van der Waals surface area contributed by atoms with Crippen molar-refractivity contribution in [3.63, 3.8) is 0 Å². The molecule has 6 heteroatoms. The molecule has 0 bridgehead atoms. The number of hydrogen-bond acceptors (Lipinski definition) is 5. The van der Waals surface area contributed by atoms with Gasteiger partial charge in [-0.15, -0.1) is 0 Å². The third-order valence-corrected chi connectivity index (χ3v) is 4.36. The zero-order chi connectivity index (χ0) is 15.6. The average molecular weight is 308 g/mol. The van der Waals surface area contributed by atoms with Crippen molar-refractivity contribution in [3.05, 3.63) is 37.1 Å². The summed E-state index contributed by atoms with van der Waals surface area (Å²) in [5.74, 6) is 0.673. The lowest BCUT2D eigenvalue weighted by atomic mass is 9.97. The van der Waals surface area contributed by atoms with Gasteiger partial charge in [-0.2, -0.15) is 0 Å². The fourth-order valence-corrected chi connectivity index (χ4v) is 3.28. The van der Waals surface area contributed by atoms with Gasteiger partial charge in [0.05, 0.1) is 11.4 Å². The zero-order valence-electron chi connectivity index (χ0n) is 13.1. The van der Waals surface area contributed by atoms with Crippen molar-refractivity contribution in [2.24, 2.45) is 5.92 Å². The van der Waals surface area contributed by atoms with Gasteiger partial charge in [0.1, 0.15) is 12.0 Å². The van der Waals surface area contributed by atoms with Crippen LogP contribution in [0.3, 0.4) is 0 Å². The Labute approximate surface area is 134 Å². The minimum atomic E-state index is 0.403. The fourth-order valence-electron chi connectivity index (χ4n) is 3.28. The molecule has 0 saturated carbocycles. The quantitative estimate of drug-likeness (QED) is 0.692. The van der Waals surface area contributed by atoms with Crippen molar-refractivity contribution in [1.29, 1.82) is 0 Å². The van der Waals surface area contributed by atoms with Gasteiger partial charge in [-0.05, 0) is 31.0 Å². The molecule has 3 aromatic rings. The Balaban J connectivity index is 1.77. The molecule has 0 amide bonds. The molecule has 3 aromatic heterocycles. The Morgan fingerprint density at radius 2 is 2.17 bits per heavy atom. The lowest BCUT2D eigenvalue weighted by Gasteiger charge is -2.30. The molecule has 0 aromatic carbocycles. The molecule has 4 heterocycles. The van der Waals surface area contributed by atoms with Gasteiger partial charge in [0.25, 0.3) is 0 Å². The number of rotatable bonds is 3. The van der Waals surface area contributed by atoms with Crippen LogP contribution in [0.2, 0.25) is 0 Å². The summed E-state index contributed by atoms with van der Waals surface area (Å²) < 4.78 is 0. The van der Waals surface area contributed by atoms with E-state index in [-0.39, 0.29) is 0 Å². The van der Waals surface area contributed by atoms with Gasteiger partial charge in [-0.25, -0.2) is 15.0 Å². The SMILES string of the molecule is C[C@H]1CNC[C@@H](Nc2c(-c3ccncn3)cnc3[nH]ccc23)C1. The number of nitrogens with zero attached hydrogens (tertiary/aromatic N) is 3. The van der Waals surface area contributed by atoms with E-state index < -0.39 is 0 Å². The second-order valence-corrected chi connectivity index (χ2v) is 6.22. The van der Waals surface area contributed by atoms with Crippen LogP contribution >= 0.6 is 0 Å². The van der Waals surface area contributed by atoms with Gasteiger partial charge < -0.3 is 15.6 Å². The van der Waals surface area contributed by atoms with E-state index in [9.17, 15) is 0 Å². The Bertz CT molecular complexity index is 797. The largest absolute Gasteiger partial charge is 0.380 e. The third kappa shape index (κ3) is 2.77. The Kier molecular flexibility index (Phi) is 3.67. The summed E-state index contributed by atoms with van der Waals surface area (Å²) >= 11 is 0. The molecule has 0 radical (unpaired) electrons. The standard InChI is InChI=1S/C17H20N6/c1-11-6-12(8-19-7-11)23-16-13-2-5-20-17(13)21-9-14(16)15-3-4-18-10-22-15/h2-5,9-12,19H,6-8H2,1H3,(H2,20,21,23)/t11-,12+/m1/s1. The molecular formula is C17H20N6. The van der Waals surface area contributed by atoms with Crippen LogP contribution in [-0.2, 0) is 0 Å². The minimum Gasteiger partial charge on any atom is -0.380 e. The summed E-state index contributed by atoms with van der Waals surface area (Å²) in [4.78, 5) is 16.1. The van der Waals surface area contributed by atoms with Crippen LogP contribution in [-0.4, -0.2) is 39.1 Å². The Morgan fingerprint density at radius 3 is 3.00 bits per heavy atom. The fraction of sp³-hybridized carbons (Fsp3) is 0.353. The second kappa shape index (κ2) is 5.96. The number of aromatic nitrogens is 4. The van der Waals surface area contributed by atoms with Gasteiger partial charge in [0.15, 0.2) is 0 Å². The van der Waals surface area contributed by atoms with E-state index in [4.69, 9.17) is 0 Å². The van der Waals surface area contributed by atoms with Crippen LogP contribution in [0, 0.1) is 5.92 Å². The number of anilines is 1. The molecule has 1 aliphatic heterocycles. The highest BCUT2D eigenvalue weighted by Gasteiger charge is 2.21. The first-order chi connectivity index (χ1) is 11.3. The minimum absolute atomic E-state index is 0.403. The van der Waals surface area contributed by atoms with E-state index in [1.165, 1.54) is 0 Å². The summed E-state index contributed by atoms with van der Waals surface area (Å²) in [6.07, 6.45) is 8.30. The number of hydrogen-bond donors (Lipinski definition) is 3. The maximum Gasteiger partial charge on any atom is 0.139 e. The highest BCUT2D eigenvalue weighted by molar-refractivity contribution is 5.97. The summed E-state index contributed by atoms with van der Waals surface area (Å²) in [6, 6.07) is 4.39. The van der Waals surface area contributed by atoms with Crippen LogP contribution in [0.1, 0.15) is 13.3 Å². The molecule has 2 atom stereocenters. The Hall–Kier alpha value is -2.47. The van der Waals surface area contributed by atoms with E-state index in [1.54, 1.807) is 12.5 Å². The highest BCUT2D eigenvalue weighted by atomic mass is 15.0. The van der Waals surface area contributed by atoms with Gasteiger partial charge in [-0.1, -0.05) is 6.92 Å². The molecule has 118 valence electrons. The van der Waals surface area contributed by atoms with Crippen LogP contribution in [0.15, 0.2) is 37.1 Å². The van der Waals surface area contributed by atoms with Crippen molar-refractivity contribution in [3.8, 4) is 11.3 Å². The van der Waals surface area contributed by atoms with Gasteiger partial charge in [0, 0.05) is 42.1 Å². The van der Waals surface area contributed by atoms with E-state index >= 15 is 0 Å². The number of pyridine rings is 1. The van der Waals surface area contributed by atoms with E-state index in [2.05, 4.69) is 43.6 Å². The highest BCUT2D eigenvalue weighted by Crippen LogP contribution is 2.33. The summed E-state index contributed by atoms with van der Waals surface area (Å²) in [7, 11) is 0. The molecule has 6 nitrogen and oxygen atoms in total. The van der Waals surface area contributed by atoms with Crippen LogP contribution < -0.4 is 10.6 Å². The predicted octanol–water partition coefficient (Wildman–Crippen LogP) is 2.43. The topological polar surface area (TPSA) is 78.5 Å². The number of piperidine rings is 1. The molecule has 1 fully saturated rings. The van der Waals surface area contributed by atoms with Crippen LogP contribution in [0.4, 0.5) is 5.69 Å². The molecular weight excluding hydrogens is 288 g/mol. The van der Waals surface area contributed by atoms with E-state index in [0.717, 1.165) is 47.5 Å². The van der Waals surface area contributed by atoms with Crippen molar-refractivity contribution >= 4 is 16.7 Å². The number of H-pyrrole nitrogens is 1. The molecule has 1 saturated heterocycles. The normalized spacial score (nSPS) is 21.4. The van der Waals surface area contributed by atoms with Gasteiger partial charge >= 0.3 is 0 Å². The number of fused-ring (bicyclic) bond motifs is 1. The molecule has 1 aliphatic rings. The van der Waals surface area contributed by atoms with E-state index in [1.807, 2.05) is 18.5 Å². The average Bonchev–Trinajstić information content (AvgIpc) is 3.05. The van der Waals surface area contributed by atoms with Crippen LogP contribution in [0.5, 0.6) is 0 Å². The second-order valence-electron chi connectivity index (χ2n) is 6.22. The summed E-state index contributed by atoms with van der Waals surface area (Å²) in [5, 5.41) is 8.32. The lowest BCUT2D eigenvalue weighted by Crippen LogP contribution is -2.42. The first kappa shape index (κ1) is 14.1. The summed E-state index contributed by atoms with van der Waals surface area (Å²) in [6.45, 7) is 4.35. The van der Waals surface area contributed by atoms with Crippen molar-refractivity contribution in [2.75, 3.05) is 18.4 Å². The molecule has 0 spiro atoms. The van der Waals surface area contributed by atoms with Gasteiger partial charge in [0.2, 0.25) is 0 Å². The van der Waals surface area contributed by atoms with Crippen molar-refractivity contribution in [1.82, 2.24) is 25.3 Å². The lowest BCUT2D eigenvalue weighted by molar-refractivity contribution is 0.378. The number of nitrogens with one attached hydrogen (secondary N) is 3.